The SMILES string of the molecule is Cn1nc(-c2ccc(NC(=O)NCc3ccncc3)cc2)c2cc(Cl)ccc21. The number of carbonyl (C=O) groups is 1. The van der Waals surface area contributed by atoms with Gasteiger partial charge in [-0.1, -0.05) is 23.7 Å². The number of pyridine rings is 1. The zero-order valence-electron chi connectivity index (χ0n) is 15.2. The van der Waals surface area contributed by atoms with Crippen LogP contribution in [0.2, 0.25) is 5.02 Å². The van der Waals surface area contributed by atoms with Gasteiger partial charge in [0, 0.05) is 47.6 Å². The fraction of sp³-hybridized carbons (Fsp3) is 0.0952. The van der Waals surface area contributed by atoms with E-state index in [1.807, 2.05) is 66.3 Å². The van der Waals surface area contributed by atoms with E-state index in [1.165, 1.54) is 0 Å². The van der Waals surface area contributed by atoms with E-state index in [1.54, 1.807) is 12.4 Å². The zero-order chi connectivity index (χ0) is 19.5. The van der Waals surface area contributed by atoms with Crippen LogP contribution in [0.3, 0.4) is 0 Å². The van der Waals surface area contributed by atoms with Crippen LogP contribution in [-0.4, -0.2) is 20.8 Å². The summed E-state index contributed by atoms with van der Waals surface area (Å²) >= 11 is 6.15. The molecule has 0 fully saturated rings. The molecule has 0 radical (unpaired) electrons. The molecule has 2 amide bonds. The van der Waals surface area contributed by atoms with Gasteiger partial charge in [-0.2, -0.15) is 5.10 Å². The van der Waals surface area contributed by atoms with E-state index in [0.29, 0.717) is 17.3 Å². The molecule has 2 aromatic heterocycles. The van der Waals surface area contributed by atoms with Gasteiger partial charge in [0.15, 0.2) is 0 Å². The van der Waals surface area contributed by atoms with Crippen LogP contribution in [0.25, 0.3) is 22.2 Å². The highest BCUT2D eigenvalue weighted by molar-refractivity contribution is 6.31. The van der Waals surface area contributed by atoms with Crippen molar-refractivity contribution >= 4 is 34.2 Å². The Kier molecular flexibility index (Phi) is 4.95. The van der Waals surface area contributed by atoms with Gasteiger partial charge in [-0.25, -0.2) is 4.79 Å². The topological polar surface area (TPSA) is 71.8 Å². The fourth-order valence-electron chi connectivity index (χ4n) is 3.02. The number of carbonyl (C=O) groups excluding carboxylic acids is 1. The number of fused-ring (bicyclic) bond motifs is 1. The van der Waals surface area contributed by atoms with Crippen LogP contribution in [0.15, 0.2) is 67.0 Å². The number of nitrogens with zero attached hydrogens (tertiary/aromatic N) is 3. The van der Waals surface area contributed by atoms with Crippen molar-refractivity contribution in [3.8, 4) is 11.3 Å². The number of aromatic nitrogens is 3. The Morgan fingerprint density at radius 1 is 1.07 bits per heavy atom. The largest absolute Gasteiger partial charge is 0.334 e. The van der Waals surface area contributed by atoms with Gasteiger partial charge in [0.25, 0.3) is 0 Å². The minimum absolute atomic E-state index is 0.264. The Bertz CT molecular complexity index is 1120. The van der Waals surface area contributed by atoms with E-state index in [2.05, 4.69) is 20.7 Å². The number of nitrogens with one attached hydrogen (secondary N) is 2. The second kappa shape index (κ2) is 7.70. The van der Waals surface area contributed by atoms with Crippen LogP contribution in [0.4, 0.5) is 10.5 Å². The zero-order valence-corrected chi connectivity index (χ0v) is 15.9. The number of hydrogen-bond donors (Lipinski definition) is 2. The van der Waals surface area contributed by atoms with Crippen molar-refractivity contribution in [1.29, 1.82) is 0 Å². The van der Waals surface area contributed by atoms with Crippen molar-refractivity contribution in [2.75, 3.05) is 5.32 Å². The third-order valence-electron chi connectivity index (χ3n) is 4.43. The van der Waals surface area contributed by atoms with Crippen molar-refractivity contribution in [1.82, 2.24) is 20.1 Å². The van der Waals surface area contributed by atoms with Crippen LogP contribution in [0.1, 0.15) is 5.56 Å². The maximum atomic E-state index is 12.1. The van der Waals surface area contributed by atoms with Gasteiger partial charge in [0.2, 0.25) is 0 Å². The van der Waals surface area contributed by atoms with Crippen molar-refractivity contribution in [2.24, 2.45) is 7.05 Å². The van der Waals surface area contributed by atoms with Crippen molar-refractivity contribution in [3.63, 3.8) is 0 Å². The minimum atomic E-state index is -0.264. The predicted molar refractivity (Wildman–Crippen MR) is 111 cm³/mol. The first-order chi connectivity index (χ1) is 13.6. The molecule has 7 heteroatoms. The standard InChI is InChI=1S/C21H18ClN5O/c1-27-19-7-4-16(22)12-18(19)20(26-27)15-2-5-17(6-3-15)25-21(28)24-13-14-8-10-23-11-9-14/h2-12H,13H2,1H3,(H2,24,25,28). The summed E-state index contributed by atoms with van der Waals surface area (Å²) in [7, 11) is 1.91. The minimum Gasteiger partial charge on any atom is -0.334 e. The van der Waals surface area contributed by atoms with E-state index >= 15 is 0 Å². The lowest BCUT2D eigenvalue weighted by Crippen LogP contribution is -2.28. The van der Waals surface area contributed by atoms with Gasteiger partial charge >= 0.3 is 6.03 Å². The molecule has 0 spiro atoms. The molecule has 6 nitrogen and oxygen atoms in total. The predicted octanol–water partition coefficient (Wildman–Crippen LogP) is 4.61. The molecule has 0 bridgehead atoms. The molecule has 140 valence electrons. The molecule has 0 aliphatic carbocycles. The molecule has 0 aliphatic heterocycles. The van der Waals surface area contributed by atoms with Crippen LogP contribution in [-0.2, 0) is 13.6 Å². The normalized spacial score (nSPS) is 10.8. The van der Waals surface area contributed by atoms with Crippen LogP contribution in [0, 0.1) is 0 Å². The average Bonchev–Trinajstić information content (AvgIpc) is 3.03. The Morgan fingerprint density at radius 3 is 2.57 bits per heavy atom. The highest BCUT2D eigenvalue weighted by atomic mass is 35.5. The number of benzene rings is 2. The second-order valence-corrected chi connectivity index (χ2v) is 6.81. The average molecular weight is 392 g/mol. The molecule has 0 unspecified atom stereocenters. The number of aryl methyl sites for hydroxylation is 1. The Hall–Kier alpha value is -3.38. The maximum absolute atomic E-state index is 12.1. The van der Waals surface area contributed by atoms with Gasteiger partial charge in [0.05, 0.1) is 5.52 Å². The molecule has 2 heterocycles. The first-order valence-electron chi connectivity index (χ1n) is 8.76. The monoisotopic (exact) mass is 391 g/mol. The van der Waals surface area contributed by atoms with E-state index in [4.69, 9.17) is 11.6 Å². The van der Waals surface area contributed by atoms with Crippen molar-refractivity contribution < 1.29 is 4.79 Å². The molecule has 0 saturated carbocycles. The summed E-state index contributed by atoms with van der Waals surface area (Å²) in [5, 5.41) is 11.9. The summed E-state index contributed by atoms with van der Waals surface area (Å²) in [6.07, 6.45) is 3.39. The fourth-order valence-corrected chi connectivity index (χ4v) is 3.19. The number of halogens is 1. The number of anilines is 1. The van der Waals surface area contributed by atoms with Gasteiger partial charge in [-0.3, -0.25) is 9.67 Å². The molecule has 4 aromatic rings. The Labute approximate surface area is 167 Å². The molecule has 28 heavy (non-hydrogen) atoms. The molecule has 0 aliphatic rings. The van der Waals surface area contributed by atoms with Crippen molar-refractivity contribution in [2.45, 2.75) is 6.54 Å². The van der Waals surface area contributed by atoms with E-state index < -0.39 is 0 Å². The summed E-state index contributed by atoms with van der Waals surface area (Å²) < 4.78 is 1.83. The maximum Gasteiger partial charge on any atom is 0.319 e. The van der Waals surface area contributed by atoms with E-state index in [-0.39, 0.29) is 6.03 Å². The lowest BCUT2D eigenvalue weighted by Gasteiger charge is -2.08. The summed E-state index contributed by atoms with van der Waals surface area (Å²) in [6, 6.07) is 16.7. The third kappa shape index (κ3) is 3.82. The van der Waals surface area contributed by atoms with Gasteiger partial charge in [-0.05, 0) is 48.0 Å². The Morgan fingerprint density at radius 2 is 1.82 bits per heavy atom. The molecule has 0 saturated heterocycles. The van der Waals surface area contributed by atoms with Crippen LogP contribution >= 0.6 is 11.6 Å². The summed E-state index contributed by atoms with van der Waals surface area (Å²) in [5.74, 6) is 0. The first-order valence-corrected chi connectivity index (χ1v) is 9.14. The summed E-state index contributed by atoms with van der Waals surface area (Å²) in [6.45, 7) is 0.438. The number of hydrogen-bond acceptors (Lipinski definition) is 3. The molecule has 2 aromatic carbocycles. The van der Waals surface area contributed by atoms with E-state index in [0.717, 1.165) is 27.7 Å². The smallest absolute Gasteiger partial charge is 0.319 e. The van der Waals surface area contributed by atoms with Crippen molar-refractivity contribution in [3.05, 3.63) is 77.6 Å². The molecule has 0 atom stereocenters. The van der Waals surface area contributed by atoms with Crippen LogP contribution in [0.5, 0.6) is 0 Å². The second-order valence-electron chi connectivity index (χ2n) is 6.37. The highest BCUT2D eigenvalue weighted by Crippen LogP contribution is 2.30. The summed E-state index contributed by atoms with van der Waals surface area (Å²) in [4.78, 5) is 16.0. The molecular formula is C21H18ClN5O. The quantitative estimate of drug-likeness (QED) is 0.533. The third-order valence-corrected chi connectivity index (χ3v) is 4.67. The molecule has 4 rings (SSSR count). The van der Waals surface area contributed by atoms with Gasteiger partial charge in [0.1, 0.15) is 5.69 Å². The highest BCUT2D eigenvalue weighted by Gasteiger charge is 2.11. The number of rotatable bonds is 4. The Balaban J connectivity index is 1.47. The van der Waals surface area contributed by atoms with Gasteiger partial charge < -0.3 is 10.6 Å². The first kappa shape index (κ1) is 18.0. The molecule has 2 N–H and O–H groups in total. The van der Waals surface area contributed by atoms with E-state index in [9.17, 15) is 4.79 Å². The summed E-state index contributed by atoms with van der Waals surface area (Å²) in [5.41, 5.74) is 4.51. The lowest BCUT2D eigenvalue weighted by atomic mass is 10.1. The lowest BCUT2D eigenvalue weighted by molar-refractivity contribution is 0.251. The van der Waals surface area contributed by atoms with Crippen LogP contribution < -0.4 is 10.6 Å². The number of urea groups is 1. The molecular weight excluding hydrogens is 374 g/mol. The van der Waals surface area contributed by atoms with Gasteiger partial charge in [-0.15, -0.1) is 0 Å². The number of amides is 2.